The number of rotatable bonds is 8. The molecule has 2 heterocycles. The number of H-pyrrole nitrogens is 1. The van der Waals surface area contributed by atoms with Crippen LogP contribution in [0.5, 0.6) is 5.75 Å². The van der Waals surface area contributed by atoms with Crippen LogP contribution in [0.15, 0.2) is 134 Å². The molecule has 3 N–H and O–H groups in total. The van der Waals surface area contributed by atoms with E-state index in [1.165, 1.54) is 0 Å². The number of hydrogen-bond donors (Lipinski definition) is 3. The molecule has 5 aromatic carbocycles. The van der Waals surface area contributed by atoms with Gasteiger partial charge in [0.15, 0.2) is 0 Å². The first-order valence-corrected chi connectivity index (χ1v) is 16.7. The zero-order chi connectivity index (χ0) is 31.1. The second-order valence-corrected chi connectivity index (χ2v) is 13.5. The molecule has 0 aliphatic heterocycles. The number of para-hydroxylation sites is 2. The maximum atomic E-state index is 13.6. The maximum Gasteiger partial charge on any atom is 0.344 e. The Morgan fingerprint density at radius 2 is 1.56 bits per heavy atom. The van der Waals surface area contributed by atoms with Crippen molar-refractivity contribution in [1.29, 1.82) is 0 Å². The summed E-state index contributed by atoms with van der Waals surface area (Å²) in [6.45, 7) is 0.105. The van der Waals surface area contributed by atoms with Crippen molar-refractivity contribution in [2.45, 2.75) is 17.2 Å². The van der Waals surface area contributed by atoms with Crippen molar-refractivity contribution in [3.05, 3.63) is 153 Å². The van der Waals surface area contributed by atoms with Crippen LogP contribution in [0.2, 0.25) is 0 Å². The molecule has 0 aliphatic carbocycles. The summed E-state index contributed by atoms with van der Waals surface area (Å²) in [5.74, 6) is -0.906. The molecule has 45 heavy (non-hydrogen) atoms. The second-order valence-electron chi connectivity index (χ2n) is 10.9. The Bertz CT molecular complexity index is 2400. The van der Waals surface area contributed by atoms with Crippen molar-refractivity contribution in [3.63, 3.8) is 0 Å². The van der Waals surface area contributed by atoms with Gasteiger partial charge in [-0.25, -0.2) is 17.9 Å². The fourth-order valence-electron chi connectivity index (χ4n) is 6.03. The maximum absolute atomic E-state index is 13.6. The number of nitrogens with one attached hydrogen (secondary N) is 2. The number of benzene rings is 5. The molecule has 0 radical (unpaired) electrons. The van der Waals surface area contributed by atoms with Gasteiger partial charge >= 0.3 is 5.63 Å². The highest BCUT2D eigenvalue weighted by Gasteiger charge is 2.30. The summed E-state index contributed by atoms with van der Waals surface area (Å²) in [6.07, 6.45) is 0.316. The van der Waals surface area contributed by atoms with Gasteiger partial charge in [0.2, 0.25) is 10.0 Å². The molecule has 0 saturated carbocycles. The van der Waals surface area contributed by atoms with E-state index in [4.69, 9.17) is 4.42 Å². The fraction of sp³-hybridized carbons (Fsp3) is 0.0833. The van der Waals surface area contributed by atoms with Crippen molar-refractivity contribution in [1.82, 2.24) is 9.71 Å². The average Bonchev–Trinajstić information content (AvgIpc) is 3.40. The molecular formula is C36H27BrN2O5S. The third-order valence-electron chi connectivity index (χ3n) is 8.12. The number of hydrogen-bond acceptors (Lipinski definition) is 5. The lowest BCUT2D eigenvalue weighted by molar-refractivity contribution is 0.454. The quantitative estimate of drug-likeness (QED) is 0.143. The number of aromatic hydroxyl groups is 1. The van der Waals surface area contributed by atoms with E-state index in [-0.39, 0.29) is 28.3 Å². The van der Waals surface area contributed by atoms with Crippen molar-refractivity contribution < 1.29 is 17.9 Å². The summed E-state index contributed by atoms with van der Waals surface area (Å²) in [5.41, 5.74) is 2.78. The molecule has 0 aliphatic rings. The molecular weight excluding hydrogens is 652 g/mol. The van der Waals surface area contributed by atoms with Crippen molar-refractivity contribution >= 4 is 58.6 Å². The fourth-order valence-corrected chi connectivity index (χ4v) is 7.51. The Morgan fingerprint density at radius 3 is 2.38 bits per heavy atom. The molecule has 7 nitrogen and oxygen atoms in total. The summed E-state index contributed by atoms with van der Waals surface area (Å²) in [7, 11) is -3.81. The van der Waals surface area contributed by atoms with E-state index < -0.39 is 21.6 Å². The number of halogens is 1. The third kappa shape index (κ3) is 5.44. The minimum absolute atomic E-state index is 0.0938. The Hall–Kier alpha value is -4.70. The molecule has 1 unspecified atom stereocenters. The molecule has 9 heteroatoms. The van der Waals surface area contributed by atoms with E-state index in [2.05, 4.69) is 25.6 Å². The van der Waals surface area contributed by atoms with Gasteiger partial charge in [-0.15, -0.1) is 0 Å². The monoisotopic (exact) mass is 678 g/mol. The van der Waals surface area contributed by atoms with Crippen molar-refractivity contribution in [3.8, 4) is 5.75 Å². The first-order chi connectivity index (χ1) is 21.8. The normalized spacial score (nSPS) is 12.6. The zero-order valence-electron chi connectivity index (χ0n) is 23.8. The smallest absolute Gasteiger partial charge is 0.344 e. The molecule has 7 rings (SSSR count). The molecule has 0 spiro atoms. The Kier molecular flexibility index (Phi) is 7.53. The summed E-state index contributed by atoms with van der Waals surface area (Å²) in [5, 5.41) is 14.7. The zero-order valence-corrected chi connectivity index (χ0v) is 26.2. The van der Waals surface area contributed by atoms with Crippen LogP contribution in [0.4, 0.5) is 0 Å². The van der Waals surface area contributed by atoms with E-state index in [0.29, 0.717) is 17.5 Å². The Labute approximate surface area is 267 Å². The van der Waals surface area contributed by atoms with E-state index >= 15 is 0 Å². The van der Waals surface area contributed by atoms with Gasteiger partial charge in [-0.3, -0.25) is 0 Å². The van der Waals surface area contributed by atoms with Crippen LogP contribution in [0.25, 0.3) is 32.6 Å². The van der Waals surface area contributed by atoms with E-state index in [9.17, 15) is 18.3 Å². The van der Waals surface area contributed by atoms with Crippen LogP contribution in [-0.2, 0) is 16.4 Å². The molecule has 0 saturated heterocycles. The van der Waals surface area contributed by atoms with Crippen molar-refractivity contribution in [2.24, 2.45) is 0 Å². The molecule has 1 atom stereocenters. The van der Waals surface area contributed by atoms with Crippen molar-refractivity contribution in [2.75, 3.05) is 6.54 Å². The van der Waals surface area contributed by atoms with Gasteiger partial charge in [0.05, 0.1) is 21.8 Å². The van der Waals surface area contributed by atoms with Gasteiger partial charge < -0.3 is 14.5 Å². The van der Waals surface area contributed by atoms with Crippen LogP contribution >= 0.6 is 15.9 Å². The molecule has 7 aromatic rings. The number of aromatic amines is 1. The summed E-state index contributed by atoms with van der Waals surface area (Å²) < 4.78 is 36.0. The van der Waals surface area contributed by atoms with Crippen LogP contribution in [0.1, 0.15) is 28.3 Å². The number of fused-ring (bicyclic) bond motifs is 3. The van der Waals surface area contributed by atoms with E-state index in [0.717, 1.165) is 37.3 Å². The highest BCUT2D eigenvalue weighted by molar-refractivity contribution is 9.10. The average molecular weight is 680 g/mol. The highest BCUT2D eigenvalue weighted by Crippen LogP contribution is 2.41. The Morgan fingerprint density at radius 1 is 0.822 bits per heavy atom. The lowest BCUT2D eigenvalue weighted by Gasteiger charge is -2.20. The SMILES string of the molecule is O=c1oc2ccccc2c(O)c1C(c1cccc(Br)c1)c1[nH]c2ccccc2c1CCNS(=O)(=O)c1ccc2ccccc2c1. The van der Waals surface area contributed by atoms with E-state index in [1.807, 2.05) is 72.8 Å². The highest BCUT2D eigenvalue weighted by atomic mass is 79.9. The molecule has 0 fully saturated rings. The van der Waals surface area contributed by atoms with Gasteiger partial charge in [0.25, 0.3) is 0 Å². The molecule has 0 bridgehead atoms. The van der Waals surface area contributed by atoms with Gasteiger partial charge in [-0.05, 0) is 70.8 Å². The van der Waals surface area contributed by atoms with Gasteiger partial charge in [-0.2, -0.15) is 0 Å². The lowest BCUT2D eigenvalue weighted by atomic mass is 9.85. The minimum atomic E-state index is -3.81. The van der Waals surface area contributed by atoms with Crippen LogP contribution in [-0.4, -0.2) is 25.1 Å². The number of sulfonamides is 1. The summed E-state index contributed by atoms with van der Waals surface area (Å²) in [6, 6.07) is 34.8. The molecule has 0 amide bonds. The summed E-state index contributed by atoms with van der Waals surface area (Å²) >= 11 is 3.56. The minimum Gasteiger partial charge on any atom is -0.507 e. The summed E-state index contributed by atoms with van der Waals surface area (Å²) in [4.78, 5) is 17.3. The molecule has 2 aromatic heterocycles. The Balaban J connectivity index is 1.33. The van der Waals surface area contributed by atoms with Crippen LogP contribution in [0, 0.1) is 0 Å². The van der Waals surface area contributed by atoms with Crippen LogP contribution in [0.3, 0.4) is 0 Å². The van der Waals surface area contributed by atoms with E-state index in [1.54, 1.807) is 42.5 Å². The van der Waals surface area contributed by atoms with Gasteiger partial charge in [0.1, 0.15) is 11.3 Å². The molecule has 224 valence electrons. The predicted octanol–water partition coefficient (Wildman–Crippen LogP) is 7.60. The first kappa shape index (κ1) is 29.0. The largest absolute Gasteiger partial charge is 0.507 e. The second kappa shape index (κ2) is 11.7. The number of aromatic nitrogens is 1. The van der Waals surface area contributed by atoms with Crippen LogP contribution < -0.4 is 10.3 Å². The topological polar surface area (TPSA) is 112 Å². The van der Waals surface area contributed by atoms with Gasteiger partial charge in [-0.1, -0.05) is 88.7 Å². The van der Waals surface area contributed by atoms with Gasteiger partial charge in [0, 0.05) is 27.6 Å². The standard InChI is InChI=1S/C36H27BrN2O5S/c37-25-11-7-10-24(20-25)32(33-35(40)29-13-4-6-15-31(29)44-36(33)41)34-28(27-12-3-5-14-30(27)39-34)18-19-38-45(42,43)26-17-16-22-8-1-2-9-23(22)21-26/h1-17,20-21,32,38-40H,18-19H2. The first-order valence-electron chi connectivity index (χ1n) is 14.4. The third-order valence-corrected chi connectivity index (χ3v) is 10.1. The predicted molar refractivity (Wildman–Crippen MR) is 180 cm³/mol. The lowest BCUT2D eigenvalue weighted by Crippen LogP contribution is -2.26.